The van der Waals surface area contributed by atoms with E-state index in [1.165, 1.54) is 43.5 Å². The Balaban J connectivity index is 1.45. The molecule has 6 rings (SSSR count). The SMILES string of the molecule is c1cncc(-c2ccc3c(c2)Oc2ccccc2C3N2CC3CCC(C3)C2)c1. The zero-order chi connectivity index (χ0) is 18.5. The fraction of sp³-hybridized carbons (Fsp3) is 0.320. The Hall–Kier alpha value is -2.65. The normalized spacial score (nSPS) is 25.6. The zero-order valence-corrected chi connectivity index (χ0v) is 15.9. The molecular weight excluding hydrogens is 344 g/mol. The van der Waals surface area contributed by atoms with E-state index in [-0.39, 0.29) is 0 Å². The van der Waals surface area contributed by atoms with Gasteiger partial charge in [0.25, 0.3) is 0 Å². The summed E-state index contributed by atoms with van der Waals surface area (Å²) in [6.45, 7) is 2.42. The first kappa shape index (κ1) is 16.3. The summed E-state index contributed by atoms with van der Waals surface area (Å²) in [7, 11) is 0. The molecule has 0 radical (unpaired) electrons. The molecule has 0 amide bonds. The molecule has 1 aromatic heterocycles. The van der Waals surface area contributed by atoms with Gasteiger partial charge in [-0.1, -0.05) is 36.4 Å². The number of hydrogen-bond donors (Lipinski definition) is 0. The Morgan fingerprint density at radius 2 is 1.64 bits per heavy atom. The predicted molar refractivity (Wildman–Crippen MR) is 110 cm³/mol. The Labute approximate surface area is 166 Å². The number of rotatable bonds is 2. The van der Waals surface area contributed by atoms with Gasteiger partial charge in [0, 0.05) is 42.2 Å². The molecule has 0 spiro atoms. The second kappa shape index (κ2) is 6.46. The summed E-state index contributed by atoms with van der Waals surface area (Å²) in [5.41, 5.74) is 4.89. The first-order valence-corrected chi connectivity index (χ1v) is 10.4. The Bertz CT molecular complexity index is 1000. The predicted octanol–water partition coefficient (Wildman–Crippen LogP) is 5.68. The Morgan fingerprint density at radius 1 is 0.821 bits per heavy atom. The molecule has 3 nitrogen and oxygen atoms in total. The molecule has 2 aromatic carbocycles. The molecule has 3 heteroatoms. The van der Waals surface area contributed by atoms with E-state index in [9.17, 15) is 0 Å². The summed E-state index contributed by atoms with van der Waals surface area (Å²) in [4.78, 5) is 6.99. The van der Waals surface area contributed by atoms with Crippen molar-refractivity contribution in [2.75, 3.05) is 13.1 Å². The van der Waals surface area contributed by atoms with Crippen LogP contribution in [0.15, 0.2) is 67.0 Å². The summed E-state index contributed by atoms with van der Waals surface area (Å²) in [6, 6.07) is 19.6. The third kappa shape index (κ3) is 2.65. The van der Waals surface area contributed by atoms with Gasteiger partial charge >= 0.3 is 0 Å². The van der Waals surface area contributed by atoms with Gasteiger partial charge in [0.1, 0.15) is 11.5 Å². The van der Waals surface area contributed by atoms with Crippen LogP contribution in [0.3, 0.4) is 0 Å². The van der Waals surface area contributed by atoms with Crippen LogP contribution in [0.5, 0.6) is 11.5 Å². The van der Waals surface area contributed by atoms with Crippen molar-refractivity contribution in [3.8, 4) is 22.6 Å². The number of para-hydroxylation sites is 1. The summed E-state index contributed by atoms with van der Waals surface area (Å²) < 4.78 is 6.38. The van der Waals surface area contributed by atoms with E-state index in [2.05, 4.69) is 58.4 Å². The molecule has 1 aliphatic carbocycles. The lowest BCUT2D eigenvalue weighted by Gasteiger charge is -2.41. The van der Waals surface area contributed by atoms with Gasteiger partial charge in [-0.3, -0.25) is 9.88 Å². The molecule has 3 heterocycles. The van der Waals surface area contributed by atoms with Crippen LogP contribution in [0.25, 0.3) is 11.1 Å². The van der Waals surface area contributed by atoms with Gasteiger partial charge in [-0.2, -0.15) is 0 Å². The van der Waals surface area contributed by atoms with Crippen molar-refractivity contribution in [2.45, 2.75) is 25.3 Å². The van der Waals surface area contributed by atoms with Gasteiger partial charge in [0.2, 0.25) is 0 Å². The molecule has 3 aliphatic rings. The number of aromatic nitrogens is 1. The van der Waals surface area contributed by atoms with E-state index in [0.717, 1.165) is 34.5 Å². The Morgan fingerprint density at radius 3 is 2.46 bits per heavy atom. The maximum Gasteiger partial charge on any atom is 0.133 e. The van der Waals surface area contributed by atoms with Crippen molar-refractivity contribution in [3.05, 3.63) is 78.1 Å². The minimum atomic E-state index is 0.297. The van der Waals surface area contributed by atoms with Crippen molar-refractivity contribution in [3.63, 3.8) is 0 Å². The fourth-order valence-electron chi connectivity index (χ4n) is 5.50. The highest BCUT2D eigenvalue weighted by molar-refractivity contribution is 5.67. The molecular formula is C25H24N2O. The van der Waals surface area contributed by atoms with E-state index in [1.54, 1.807) is 0 Å². The van der Waals surface area contributed by atoms with Gasteiger partial charge in [0.05, 0.1) is 6.04 Å². The van der Waals surface area contributed by atoms with Crippen molar-refractivity contribution < 1.29 is 4.74 Å². The number of pyridine rings is 1. The summed E-state index contributed by atoms with van der Waals surface area (Å²) >= 11 is 0. The molecule has 140 valence electrons. The van der Waals surface area contributed by atoms with Crippen molar-refractivity contribution >= 4 is 0 Å². The van der Waals surface area contributed by atoms with Crippen LogP contribution in [-0.2, 0) is 0 Å². The minimum Gasteiger partial charge on any atom is -0.457 e. The molecule has 0 N–H and O–H groups in total. The second-order valence-electron chi connectivity index (χ2n) is 8.54. The van der Waals surface area contributed by atoms with Crippen LogP contribution in [0.1, 0.15) is 36.4 Å². The first-order chi connectivity index (χ1) is 13.8. The lowest BCUT2D eigenvalue weighted by molar-refractivity contribution is 0.129. The van der Waals surface area contributed by atoms with Gasteiger partial charge < -0.3 is 4.74 Å². The van der Waals surface area contributed by atoms with Crippen LogP contribution >= 0.6 is 0 Å². The van der Waals surface area contributed by atoms with E-state index in [4.69, 9.17) is 4.74 Å². The van der Waals surface area contributed by atoms with Gasteiger partial charge in [0.15, 0.2) is 0 Å². The van der Waals surface area contributed by atoms with Crippen molar-refractivity contribution in [2.24, 2.45) is 11.8 Å². The second-order valence-corrected chi connectivity index (χ2v) is 8.54. The van der Waals surface area contributed by atoms with Crippen molar-refractivity contribution in [1.82, 2.24) is 9.88 Å². The van der Waals surface area contributed by atoms with Crippen molar-refractivity contribution in [1.29, 1.82) is 0 Å². The van der Waals surface area contributed by atoms with E-state index < -0.39 is 0 Å². The van der Waals surface area contributed by atoms with Crippen LogP contribution in [0, 0.1) is 11.8 Å². The topological polar surface area (TPSA) is 25.4 Å². The smallest absolute Gasteiger partial charge is 0.133 e. The largest absolute Gasteiger partial charge is 0.457 e. The number of likely N-dealkylation sites (tertiary alicyclic amines) is 1. The number of piperidine rings is 1. The Kier molecular flexibility index (Phi) is 3.76. The number of ether oxygens (including phenoxy) is 1. The van der Waals surface area contributed by atoms with E-state index in [1.807, 2.05) is 18.5 Å². The monoisotopic (exact) mass is 368 g/mol. The van der Waals surface area contributed by atoms with Crippen LogP contribution in [0.4, 0.5) is 0 Å². The number of fused-ring (bicyclic) bond motifs is 4. The van der Waals surface area contributed by atoms with E-state index >= 15 is 0 Å². The average molecular weight is 368 g/mol. The third-order valence-corrected chi connectivity index (χ3v) is 6.74. The number of benzene rings is 2. The number of nitrogens with zero attached hydrogens (tertiary/aromatic N) is 2. The lowest BCUT2D eigenvalue weighted by atomic mass is 9.88. The molecule has 28 heavy (non-hydrogen) atoms. The fourth-order valence-corrected chi connectivity index (χ4v) is 5.50. The molecule has 2 aliphatic heterocycles. The lowest BCUT2D eigenvalue weighted by Crippen LogP contribution is -2.40. The average Bonchev–Trinajstić information content (AvgIpc) is 3.09. The maximum absolute atomic E-state index is 6.38. The minimum absolute atomic E-state index is 0.297. The molecule has 3 atom stereocenters. The highest BCUT2D eigenvalue weighted by atomic mass is 16.5. The maximum atomic E-state index is 6.38. The van der Waals surface area contributed by atoms with Gasteiger partial charge in [-0.15, -0.1) is 0 Å². The molecule has 3 aromatic rings. The van der Waals surface area contributed by atoms with Gasteiger partial charge in [-0.25, -0.2) is 0 Å². The standard InChI is InChI=1S/C25H24N2O/c1-2-6-23-21(5-1)25(27-15-17-7-8-18(12-17)16-27)22-10-9-19(13-24(22)28-23)20-4-3-11-26-14-20/h1-6,9-11,13-14,17-18,25H,7-8,12,15-16H2. The molecule has 2 bridgehead atoms. The summed E-state index contributed by atoms with van der Waals surface area (Å²) in [6.07, 6.45) is 7.96. The first-order valence-electron chi connectivity index (χ1n) is 10.4. The van der Waals surface area contributed by atoms with Crippen LogP contribution in [-0.4, -0.2) is 23.0 Å². The van der Waals surface area contributed by atoms with E-state index in [0.29, 0.717) is 6.04 Å². The molecule has 3 unspecified atom stereocenters. The molecule has 1 saturated heterocycles. The molecule has 2 fully saturated rings. The highest BCUT2D eigenvalue weighted by Crippen LogP contribution is 2.49. The quantitative estimate of drug-likeness (QED) is 0.582. The zero-order valence-electron chi connectivity index (χ0n) is 15.9. The van der Waals surface area contributed by atoms with Crippen LogP contribution < -0.4 is 4.74 Å². The summed E-state index contributed by atoms with van der Waals surface area (Å²) in [5, 5.41) is 0. The van der Waals surface area contributed by atoms with Gasteiger partial charge in [-0.05, 0) is 54.9 Å². The van der Waals surface area contributed by atoms with Crippen LogP contribution in [0.2, 0.25) is 0 Å². The number of hydrogen-bond acceptors (Lipinski definition) is 3. The molecule has 1 saturated carbocycles. The highest BCUT2D eigenvalue weighted by Gasteiger charge is 2.39. The summed E-state index contributed by atoms with van der Waals surface area (Å²) in [5.74, 6) is 3.72. The third-order valence-electron chi connectivity index (χ3n) is 6.74.